The van der Waals surface area contributed by atoms with Gasteiger partial charge in [0.25, 0.3) is 11.7 Å². The molecule has 1 aliphatic rings. The number of likely N-dealkylation sites (tertiary alicyclic amines) is 1. The van der Waals surface area contributed by atoms with Crippen molar-refractivity contribution in [3.8, 4) is 5.75 Å². The molecule has 34 heavy (non-hydrogen) atoms. The molecule has 0 bridgehead atoms. The highest BCUT2D eigenvalue weighted by molar-refractivity contribution is 9.10. The first-order valence-electron chi connectivity index (χ1n) is 11.2. The van der Waals surface area contributed by atoms with E-state index in [-0.39, 0.29) is 11.3 Å². The molecule has 1 amide bonds. The lowest BCUT2D eigenvalue weighted by Crippen LogP contribution is -2.31. The number of aryl methyl sites for hydroxylation is 1. The van der Waals surface area contributed by atoms with E-state index in [9.17, 15) is 14.7 Å². The smallest absolute Gasteiger partial charge is 0.295 e. The van der Waals surface area contributed by atoms with Crippen LogP contribution in [-0.4, -0.2) is 44.4 Å². The monoisotopic (exact) mass is 523 g/mol. The number of nitrogens with zero attached hydrogens (tertiary/aromatic N) is 3. The van der Waals surface area contributed by atoms with E-state index in [4.69, 9.17) is 4.74 Å². The van der Waals surface area contributed by atoms with Crippen LogP contribution in [0.2, 0.25) is 0 Å². The van der Waals surface area contributed by atoms with E-state index >= 15 is 0 Å². The molecule has 2 heterocycles. The number of aliphatic hydroxyl groups excluding tert-OH is 1. The number of Topliss-reactive ketones (excluding diaryl/α,β-unsaturated/α-hetero) is 1. The highest BCUT2D eigenvalue weighted by atomic mass is 79.9. The van der Waals surface area contributed by atoms with E-state index in [1.165, 1.54) is 0 Å². The lowest BCUT2D eigenvalue weighted by Gasteiger charge is -2.25. The summed E-state index contributed by atoms with van der Waals surface area (Å²) >= 11 is 3.48. The molecule has 1 saturated heterocycles. The molecule has 3 aromatic rings. The molecule has 176 valence electrons. The molecule has 0 spiro atoms. The van der Waals surface area contributed by atoms with Crippen molar-refractivity contribution in [2.24, 2.45) is 0 Å². The van der Waals surface area contributed by atoms with Crippen LogP contribution in [0.25, 0.3) is 5.76 Å². The van der Waals surface area contributed by atoms with E-state index in [0.29, 0.717) is 37.4 Å². The fourth-order valence-corrected chi connectivity index (χ4v) is 4.48. The first kappa shape index (κ1) is 23.8. The van der Waals surface area contributed by atoms with Crippen LogP contribution < -0.4 is 4.74 Å². The predicted octanol–water partition coefficient (Wildman–Crippen LogP) is 4.95. The van der Waals surface area contributed by atoms with Gasteiger partial charge in [0.2, 0.25) is 0 Å². The normalized spacial score (nSPS) is 17.4. The zero-order valence-corrected chi connectivity index (χ0v) is 20.4. The Morgan fingerprint density at radius 1 is 1.15 bits per heavy atom. The Bertz CT molecular complexity index is 1190. The van der Waals surface area contributed by atoms with Crippen molar-refractivity contribution in [3.63, 3.8) is 0 Å². The van der Waals surface area contributed by atoms with Gasteiger partial charge in [-0.15, -0.1) is 0 Å². The minimum Gasteiger partial charge on any atom is -0.507 e. The molecule has 8 heteroatoms. The Hall–Kier alpha value is -3.39. The van der Waals surface area contributed by atoms with Crippen molar-refractivity contribution in [1.82, 2.24) is 14.5 Å². The predicted molar refractivity (Wildman–Crippen MR) is 132 cm³/mol. The maximum Gasteiger partial charge on any atom is 0.295 e. The van der Waals surface area contributed by atoms with Crippen LogP contribution in [0.3, 0.4) is 0 Å². The number of amides is 1. The first-order chi connectivity index (χ1) is 16.5. The number of ether oxygens (including phenoxy) is 1. The number of imidazole rings is 1. The SMILES string of the molecule is CCCOc1ccc(C(O)=C2C(=O)C(=O)N(CCCn3ccnc3)[C@@H]2c2cccc(Br)c2)cc1. The van der Waals surface area contributed by atoms with Crippen LogP contribution in [-0.2, 0) is 16.1 Å². The summed E-state index contributed by atoms with van der Waals surface area (Å²) in [5.74, 6) is -0.805. The Labute approximate surface area is 206 Å². The Kier molecular flexibility index (Phi) is 7.47. The average molecular weight is 524 g/mol. The fourth-order valence-electron chi connectivity index (χ4n) is 4.06. The van der Waals surface area contributed by atoms with E-state index in [1.807, 2.05) is 42.0 Å². The van der Waals surface area contributed by atoms with Gasteiger partial charge in [-0.3, -0.25) is 9.59 Å². The van der Waals surface area contributed by atoms with E-state index < -0.39 is 17.7 Å². The maximum absolute atomic E-state index is 13.1. The van der Waals surface area contributed by atoms with Crippen molar-refractivity contribution in [2.45, 2.75) is 32.4 Å². The largest absolute Gasteiger partial charge is 0.507 e. The number of aliphatic hydroxyl groups is 1. The number of aromatic nitrogens is 2. The molecule has 4 rings (SSSR count). The van der Waals surface area contributed by atoms with Crippen LogP contribution in [0.4, 0.5) is 0 Å². The summed E-state index contributed by atoms with van der Waals surface area (Å²) in [4.78, 5) is 31.8. The number of rotatable bonds is 9. The van der Waals surface area contributed by atoms with Gasteiger partial charge in [-0.25, -0.2) is 4.98 Å². The van der Waals surface area contributed by atoms with Crippen LogP contribution in [0.1, 0.15) is 36.9 Å². The molecule has 1 atom stereocenters. The van der Waals surface area contributed by atoms with Crippen molar-refractivity contribution in [3.05, 3.63) is 88.4 Å². The van der Waals surface area contributed by atoms with Crippen LogP contribution in [0.5, 0.6) is 5.75 Å². The van der Waals surface area contributed by atoms with Gasteiger partial charge in [-0.1, -0.05) is 35.0 Å². The van der Waals surface area contributed by atoms with Gasteiger partial charge in [-0.2, -0.15) is 0 Å². The molecule has 0 aliphatic carbocycles. The molecule has 0 unspecified atom stereocenters. The molecule has 0 radical (unpaired) electrons. The third kappa shape index (κ3) is 5.07. The molecule has 7 nitrogen and oxygen atoms in total. The first-order valence-corrected chi connectivity index (χ1v) is 12.0. The molecule has 1 fully saturated rings. The summed E-state index contributed by atoms with van der Waals surface area (Å²) in [5, 5.41) is 11.2. The van der Waals surface area contributed by atoms with Gasteiger partial charge in [0.15, 0.2) is 0 Å². The zero-order valence-electron chi connectivity index (χ0n) is 18.9. The Balaban J connectivity index is 1.68. The summed E-state index contributed by atoms with van der Waals surface area (Å²) in [7, 11) is 0. The van der Waals surface area contributed by atoms with Gasteiger partial charge in [0.05, 0.1) is 24.5 Å². The summed E-state index contributed by atoms with van der Waals surface area (Å²) in [6, 6.07) is 13.7. The quantitative estimate of drug-likeness (QED) is 0.243. The van der Waals surface area contributed by atoms with Crippen LogP contribution >= 0.6 is 15.9 Å². The second-order valence-corrected chi connectivity index (χ2v) is 8.99. The fraction of sp³-hybridized carbons (Fsp3) is 0.269. The van der Waals surface area contributed by atoms with Crippen molar-refractivity contribution in [1.29, 1.82) is 0 Å². The molecule has 1 aromatic heterocycles. The van der Waals surface area contributed by atoms with Crippen molar-refractivity contribution < 1.29 is 19.4 Å². The second kappa shape index (κ2) is 10.7. The highest BCUT2D eigenvalue weighted by Crippen LogP contribution is 2.40. The topological polar surface area (TPSA) is 84.7 Å². The third-order valence-electron chi connectivity index (χ3n) is 5.68. The number of ketones is 1. The maximum atomic E-state index is 13.1. The van der Waals surface area contributed by atoms with Gasteiger partial charge in [-0.05, 0) is 54.8 Å². The number of carbonyl (C=O) groups is 2. The third-order valence-corrected chi connectivity index (χ3v) is 6.17. The van der Waals surface area contributed by atoms with Gasteiger partial charge in [0, 0.05) is 35.5 Å². The number of carbonyl (C=O) groups excluding carboxylic acids is 2. The van der Waals surface area contributed by atoms with Crippen molar-refractivity contribution in [2.75, 3.05) is 13.2 Å². The van der Waals surface area contributed by atoms with Crippen LogP contribution in [0, 0.1) is 0 Å². The minimum atomic E-state index is -0.684. The van der Waals surface area contributed by atoms with Crippen molar-refractivity contribution >= 4 is 33.4 Å². The number of benzene rings is 2. The zero-order chi connectivity index (χ0) is 24.1. The van der Waals surface area contributed by atoms with Gasteiger partial charge >= 0.3 is 0 Å². The number of hydrogen-bond donors (Lipinski definition) is 1. The Morgan fingerprint density at radius 2 is 1.94 bits per heavy atom. The summed E-state index contributed by atoms with van der Waals surface area (Å²) in [5.41, 5.74) is 1.30. The van der Waals surface area contributed by atoms with E-state index in [1.54, 1.807) is 41.7 Å². The minimum absolute atomic E-state index is 0.0907. The number of hydrogen-bond acceptors (Lipinski definition) is 5. The molecular formula is C26H26BrN3O4. The molecule has 1 N–H and O–H groups in total. The van der Waals surface area contributed by atoms with E-state index in [0.717, 1.165) is 16.5 Å². The summed E-state index contributed by atoms with van der Waals surface area (Å²) in [6.45, 7) is 3.64. The summed E-state index contributed by atoms with van der Waals surface area (Å²) in [6.07, 6.45) is 6.80. The average Bonchev–Trinajstić information content (AvgIpc) is 3.45. The van der Waals surface area contributed by atoms with Crippen LogP contribution in [0.15, 0.2) is 77.3 Å². The molecule has 0 saturated carbocycles. The highest BCUT2D eigenvalue weighted by Gasteiger charge is 2.45. The molecule has 2 aromatic carbocycles. The lowest BCUT2D eigenvalue weighted by atomic mass is 9.95. The van der Waals surface area contributed by atoms with Gasteiger partial charge < -0.3 is 19.3 Å². The molecule has 1 aliphatic heterocycles. The standard InChI is InChI=1S/C26H26BrN3O4/c1-2-15-34-21-9-7-18(8-10-21)24(31)22-23(19-5-3-6-20(27)16-19)30(26(33)25(22)32)13-4-12-29-14-11-28-17-29/h3,5-11,14,16-17,23,31H,2,4,12-13,15H2,1H3/t23-/m1/s1. The number of halogens is 1. The molecular weight excluding hydrogens is 498 g/mol. The Morgan fingerprint density at radius 3 is 2.62 bits per heavy atom. The summed E-state index contributed by atoms with van der Waals surface area (Å²) < 4.78 is 8.36. The lowest BCUT2D eigenvalue weighted by molar-refractivity contribution is -0.139. The van der Waals surface area contributed by atoms with E-state index in [2.05, 4.69) is 20.9 Å². The second-order valence-electron chi connectivity index (χ2n) is 8.07. The van der Waals surface area contributed by atoms with Gasteiger partial charge in [0.1, 0.15) is 11.5 Å².